The van der Waals surface area contributed by atoms with Gasteiger partial charge in [0.1, 0.15) is 11.6 Å². The van der Waals surface area contributed by atoms with Gasteiger partial charge < -0.3 is 10.1 Å². The normalized spacial score (nSPS) is 11.7. The summed E-state index contributed by atoms with van der Waals surface area (Å²) in [4.78, 5) is 23.6. The molecule has 0 fully saturated rings. The Balaban J connectivity index is 1.83. The number of amides is 1. The maximum absolute atomic E-state index is 13.7. The predicted molar refractivity (Wildman–Crippen MR) is 89.0 cm³/mol. The summed E-state index contributed by atoms with van der Waals surface area (Å²) >= 11 is 5.94. The summed E-state index contributed by atoms with van der Waals surface area (Å²) in [6, 6.07) is 9.20. The maximum atomic E-state index is 13.7. The van der Waals surface area contributed by atoms with E-state index in [1.165, 1.54) is 6.07 Å². The van der Waals surface area contributed by atoms with Gasteiger partial charge in [-0.3, -0.25) is 9.59 Å². The first-order valence-corrected chi connectivity index (χ1v) is 7.88. The molecule has 0 aliphatic carbocycles. The SMILES string of the molecule is CC(NC(=O)COC(=O)Cc1ccccc1Cl)c1ccc(F)cc1F. The summed E-state index contributed by atoms with van der Waals surface area (Å²) in [5.74, 6) is -2.66. The maximum Gasteiger partial charge on any atom is 0.310 e. The molecule has 1 amide bonds. The average molecular weight is 368 g/mol. The van der Waals surface area contributed by atoms with Crippen LogP contribution in [0.15, 0.2) is 42.5 Å². The summed E-state index contributed by atoms with van der Waals surface area (Å²) < 4.78 is 31.4. The van der Waals surface area contributed by atoms with Crippen molar-refractivity contribution in [1.29, 1.82) is 0 Å². The molecule has 7 heteroatoms. The first-order chi connectivity index (χ1) is 11.9. The molecule has 1 N–H and O–H groups in total. The standard InChI is InChI=1S/C18H16ClF2NO3/c1-11(14-7-6-13(20)9-16(14)21)22-17(23)10-25-18(24)8-12-4-2-3-5-15(12)19/h2-7,9,11H,8,10H2,1H3,(H,22,23). The van der Waals surface area contributed by atoms with Crippen LogP contribution < -0.4 is 5.32 Å². The monoisotopic (exact) mass is 367 g/mol. The third-order valence-corrected chi connectivity index (χ3v) is 3.83. The largest absolute Gasteiger partial charge is 0.455 e. The van der Waals surface area contributed by atoms with E-state index < -0.39 is 36.2 Å². The Morgan fingerprint density at radius 2 is 1.92 bits per heavy atom. The lowest BCUT2D eigenvalue weighted by molar-refractivity contribution is -0.148. The molecule has 2 rings (SSSR count). The van der Waals surface area contributed by atoms with E-state index >= 15 is 0 Å². The van der Waals surface area contributed by atoms with Crippen LogP contribution in [0.4, 0.5) is 8.78 Å². The first-order valence-electron chi connectivity index (χ1n) is 7.50. The van der Waals surface area contributed by atoms with Gasteiger partial charge in [-0.1, -0.05) is 35.9 Å². The Hall–Kier alpha value is -2.47. The zero-order valence-corrected chi connectivity index (χ0v) is 14.1. The second kappa shape index (κ2) is 8.58. The van der Waals surface area contributed by atoms with E-state index in [1.54, 1.807) is 31.2 Å². The Labute approximate surface area is 148 Å². The van der Waals surface area contributed by atoms with Crippen molar-refractivity contribution < 1.29 is 23.1 Å². The molecule has 0 saturated heterocycles. The number of hydrogen-bond acceptors (Lipinski definition) is 3. The number of benzene rings is 2. The zero-order valence-electron chi connectivity index (χ0n) is 13.4. The van der Waals surface area contributed by atoms with Gasteiger partial charge in [0, 0.05) is 16.7 Å². The van der Waals surface area contributed by atoms with Crippen molar-refractivity contribution in [3.63, 3.8) is 0 Å². The molecule has 0 spiro atoms. The molecule has 0 aliphatic heterocycles. The molecule has 0 aromatic heterocycles. The van der Waals surface area contributed by atoms with Gasteiger partial charge in [-0.25, -0.2) is 8.78 Å². The number of carbonyl (C=O) groups is 2. The van der Waals surface area contributed by atoms with Crippen molar-refractivity contribution in [3.05, 3.63) is 70.2 Å². The Morgan fingerprint density at radius 3 is 2.60 bits per heavy atom. The Kier molecular flexibility index (Phi) is 6.47. The van der Waals surface area contributed by atoms with Crippen molar-refractivity contribution in [2.75, 3.05) is 6.61 Å². The highest BCUT2D eigenvalue weighted by Gasteiger charge is 2.16. The summed E-state index contributed by atoms with van der Waals surface area (Å²) in [5.41, 5.74) is 0.730. The lowest BCUT2D eigenvalue weighted by Gasteiger charge is -2.15. The lowest BCUT2D eigenvalue weighted by atomic mass is 10.1. The lowest BCUT2D eigenvalue weighted by Crippen LogP contribution is -2.31. The average Bonchev–Trinajstić information content (AvgIpc) is 2.55. The molecule has 0 saturated carbocycles. The number of nitrogens with one attached hydrogen (secondary N) is 1. The van der Waals surface area contributed by atoms with Gasteiger partial charge in [-0.2, -0.15) is 0 Å². The van der Waals surface area contributed by atoms with Crippen molar-refractivity contribution >= 4 is 23.5 Å². The highest BCUT2D eigenvalue weighted by Crippen LogP contribution is 2.18. The Morgan fingerprint density at radius 1 is 1.20 bits per heavy atom. The molecular weight excluding hydrogens is 352 g/mol. The van der Waals surface area contributed by atoms with Crippen LogP contribution in [0.3, 0.4) is 0 Å². The molecular formula is C18H16ClF2NO3. The molecule has 0 radical (unpaired) electrons. The van der Waals surface area contributed by atoms with Crippen LogP contribution in [0.5, 0.6) is 0 Å². The molecule has 0 bridgehead atoms. The van der Waals surface area contributed by atoms with E-state index in [1.807, 2.05) is 0 Å². The third-order valence-electron chi connectivity index (χ3n) is 3.46. The fraction of sp³-hybridized carbons (Fsp3) is 0.222. The minimum Gasteiger partial charge on any atom is -0.455 e. The summed E-state index contributed by atoms with van der Waals surface area (Å²) in [6.07, 6.45) is -0.0604. The topological polar surface area (TPSA) is 55.4 Å². The molecule has 2 aromatic carbocycles. The number of hydrogen-bond donors (Lipinski definition) is 1. The molecule has 4 nitrogen and oxygen atoms in total. The van der Waals surface area contributed by atoms with E-state index in [-0.39, 0.29) is 12.0 Å². The van der Waals surface area contributed by atoms with E-state index in [2.05, 4.69) is 5.32 Å². The van der Waals surface area contributed by atoms with Gasteiger partial charge in [-0.05, 0) is 24.6 Å². The molecule has 132 valence electrons. The van der Waals surface area contributed by atoms with Gasteiger partial charge >= 0.3 is 5.97 Å². The highest BCUT2D eigenvalue weighted by molar-refractivity contribution is 6.31. The van der Waals surface area contributed by atoms with Gasteiger partial charge in [0.15, 0.2) is 6.61 Å². The summed E-state index contributed by atoms with van der Waals surface area (Å²) in [7, 11) is 0. The van der Waals surface area contributed by atoms with E-state index in [0.29, 0.717) is 10.6 Å². The summed E-state index contributed by atoms with van der Waals surface area (Å²) in [6.45, 7) is 1.04. The number of carbonyl (C=O) groups excluding carboxylic acids is 2. The van der Waals surface area contributed by atoms with Crippen molar-refractivity contribution in [2.45, 2.75) is 19.4 Å². The van der Waals surface area contributed by atoms with Crippen molar-refractivity contribution in [2.24, 2.45) is 0 Å². The second-order valence-corrected chi connectivity index (χ2v) is 5.79. The van der Waals surface area contributed by atoms with E-state index in [0.717, 1.165) is 12.1 Å². The number of halogens is 3. The smallest absolute Gasteiger partial charge is 0.310 e. The van der Waals surface area contributed by atoms with Crippen LogP contribution in [0.1, 0.15) is 24.1 Å². The van der Waals surface area contributed by atoms with Crippen LogP contribution in [0.25, 0.3) is 0 Å². The fourth-order valence-corrected chi connectivity index (χ4v) is 2.41. The molecule has 1 atom stereocenters. The first kappa shape index (κ1) is 18.9. The third kappa shape index (κ3) is 5.53. The quantitative estimate of drug-likeness (QED) is 0.794. The van der Waals surface area contributed by atoms with Gasteiger partial charge in [0.2, 0.25) is 0 Å². The van der Waals surface area contributed by atoms with Crippen LogP contribution in [-0.2, 0) is 20.7 Å². The van der Waals surface area contributed by atoms with Crippen molar-refractivity contribution in [3.8, 4) is 0 Å². The van der Waals surface area contributed by atoms with Gasteiger partial charge in [0.05, 0.1) is 12.5 Å². The van der Waals surface area contributed by atoms with Crippen LogP contribution in [-0.4, -0.2) is 18.5 Å². The minimum atomic E-state index is -0.761. The van der Waals surface area contributed by atoms with Crippen LogP contribution in [0.2, 0.25) is 5.02 Å². The number of esters is 1. The highest BCUT2D eigenvalue weighted by atomic mass is 35.5. The van der Waals surface area contributed by atoms with Gasteiger partial charge in [0.25, 0.3) is 5.91 Å². The van der Waals surface area contributed by atoms with E-state index in [4.69, 9.17) is 16.3 Å². The van der Waals surface area contributed by atoms with Crippen LogP contribution in [0, 0.1) is 11.6 Å². The fourth-order valence-electron chi connectivity index (χ4n) is 2.21. The zero-order chi connectivity index (χ0) is 18.4. The molecule has 25 heavy (non-hydrogen) atoms. The number of rotatable bonds is 6. The van der Waals surface area contributed by atoms with Gasteiger partial charge in [-0.15, -0.1) is 0 Å². The Bertz CT molecular complexity index is 783. The second-order valence-electron chi connectivity index (χ2n) is 5.38. The van der Waals surface area contributed by atoms with Crippen molar-refractivity contribution in [1.82, 2.24) is 5.32 Å². The minimum absolute atomic E-state index is 0.0604. The summed E-state index contributed by atoms with van der Waals surface area (Å²) in [5, 5.41) is 2.92. The predicted octanol–water partition coefficient (Wildman–Crippen LogP) is 3.58. The molecule has 2 aromatic rings. The number of ether oxygens (including phenoxy) is 1. The molecule has 1 unspecified atom stereocenters. The van der Waals surface area contributed by atoms with Crippen LogP contribution >= 0.6 is 11.6 Å². The molecule has 0 heterocycles. The van der Waals surface area contributed by atoms with E-state index in [9.17, 15) is 18.4 Å². The molecule has 0 aliphatic rings.